The average molecular weight is 233 g/mol. The smallest absolute Gasteiger partial charge is 0.356 e. The second-order valence-electron chi connectivity index (χ2n) is 3.22. The van der Waals surface area contributed by atoms with Crippen molar-refractivity contribution < 1.29 is 9.53 Å². The van der Waals surface area contributed by atoms with E-state index >= 15 is 0 Å². The Hall–Kier alpha value is -2.30. The van der Waals surface area contributed by atoms with Crippen LogP contribution in [0.3, 0.4) is 0 Å². The number of ether oxygens (including phenoxy) is 1. The molecule has 5 nitrogen and oxygen atoms in total. The normalized spacial score (nSPS) is 10.8. The number of nitrogens with two attached hydrogens (primary N) is 1. The van der Waals surface area contributed by atoms with Gasteiger partial charge in [0.1, 0.15) is 11.5 Å². The lowest BCUT2D eigenvalue weighted by atomic mass is 10.3. The molecule has 1 aromatic carbocycles. The summed E-state index contributed by atoms with van der Waals surface area (Å²) in [5, 5.41) is 10.3. The third kappa shape index (κ3) is 4.38. The maximum Gasteiger partial charge on any atom is 0.356 e. The van der Waals surface area contributed by atoms with Crippen LogP contribution in [0.4, 0.5) is 5.69 Å². The highest BCUT2D eigenvalue weighted by atomic mass is 16.5. The molecule has 17 heavy (non-hydrogen) atoms. The number of benzene rings is 1. The minimum absolute atomic E-state index is 0.217. The number of rotatable bonds is 5. The van der Waals surface area contributed by atoms with Crippen molar-refractivity contribution in [1.82, 2.24) is 0 Å². The van der Waals surface area contributed by atoms with Gasteiger partial charge in [0.25, 0.3) is 0 Å². The van der Waals surface area contributed by atoms with E-state index in [4.69, 9.17) is 11.1 Å². The van der Waals surface area contributed by atoms with E-state index in [0.29, 0.717) is 0 Å². The molecule has 1 aromatic rings. The lowest BCUT2D eigenvalue weighted by Gasteiger charge is -2.06. The SMILES string of the molecule is CCOC(=O)C(=N)/C=C(/N)Nc1ccccc1. The van der Waals surface area contributed by atoms with E-state index in [1.165, 1.54) is 6.08 Å². The van der Waals surface area contributed by atoms with Gasteiger partial charge in [0.2, 0.25) is 0 Å². The van der Waals surface area contributed by atoms with E-state index in [9.17, 15) is 4.79 Å². The van der Waals surface area contributed by atoms with Crippen LogP contribution in [0, 0.1) is 5.41 Å². The van der Waals surface area contributed by atoms with Crippen molar-refractivity contribution in [1.29, 1.82) is 5.41 Å². The van der Waals surface area contributed by atoms with Gasteiger partial charge >= 0.3 is 5.97 Å². The van der Waals surface area contributed by atoms with E-state index in [1.54, 1.807) is 6.92 Å². The monoisotopic (exact) mass is 233 g/mol. The zero-order valence-corrected chi connectivity index (χ0v) is 9.57. The summed E-state index contributed by atoms with van der Waals surface area (Å²) in [4.78, 5) is 11.2. The number of nitrogens with one attached hydrogen (secondary N) is 2. The van der Waals surface area contributed by atoms with Crippen LogP contribution in [0.25, 0.3) is 0 Å². The Kier molecular flexibility index (Phi) is 4.75. The molecule has 0 heterocycles. The fourth-order valence-corrected chi connectivity index (χ4v) is 1.15. The Balaban J connectivity index is 2.61. The molecule has 4 N–H and O–H groups in total. The highest BCUT2D eigenvalue weighted by Gasteiger charge is 2.07. The summed E-state index contributed by atoms with van der Waals surface area (Å²) >= 11 is 0. The predicted molar refractivity (Wildman–Crippen MR) is 66.7 cm³/mol. The molecular weight excluding hydrogens is 218 g/mol. The van der Waals surface area contributed by atoms with Crippen LogP contribution in [0.15, 0.2) is 42.2 Å². The fourth-order valence-electron chi connectivity index (χ4n) is 1.15. The lowest BCUT2D eigenvalue weighted by Crippen LogP contribution is -2.18. The zero-order chi connectivity index (χ0) is 12.7. The minimum atomic E-state index is -0.690. The van der Waals surface area contributed by atoms with Crippen LogP contribution in [-0.4, -0.2) is 18.3 Å². The molecule has 0 radical (unpaired) electrons. The highest BCUT2D eigenvalue weighted by molar-refractivity contribution is 6.39. The molecule has 0 amide bonds. The number of carbonyl (C=O) groups excluding carboxylic acids is 1. The van der Waals surface area contributed by atoms with Gasteiger partial charge in [-0.2, -0.15) is 0 Å². The Bertz CT molecular complexity index is 427. The van der Waals surface area contributed by atoms with Gasteiger partial charge in [-0.1, -0.05) is 18.2 Å². The van der Waals surface area contributed by atoms with Crippen LogP contribution in [0.2, 0.25) is 0 Å². The highest BCUT2D eigenvalue weighted by Crippen LogP contribution is 2.06. The first kappa shape index (κ1) is 12.8. The summed E-state index contributed by atoms with van der Waals surface area (Å²) in [6, 6.07) is 9.24. The Morgan fingerprint density at radius 3 is 2.71 bits per heavy atom. The molecule has 0 aliphatic heterocycles. The van der Waals surface area contributed by atoms with Gasteiger partial charge in [0, 0.05) is 11.8 Å². The number of para-hydroxylation sites is 1. The van der Waals surface area contributed by atoms with Gasteiger partial charge in [-0.3, -0.25) is 5.41 Å². The Morgan fingerprint density at radius 1 is 1.47 bits per heavy atom. The molecule has 0 fully saturated rings. The summed E-state index contributed by atoms with van der Waals surface area (Å²) in [5.74, 6) is -0.473. The Labute approximate surface area is 99.8 Å². The third-order valence-corrected chi connectivity index (χ3v) is 1.86. The van der Waals surface area contributed by atoms with Crippen molar-refractivity contribution in [3.63, 3.8) is 0 Å². The first-order chi connectivity index (χ1) is 8.13. The minimum Gasteiger partial charge on any atom is -0.461 e. The van der Waals surface area contributed by atoms with Crippen molar-refractivity contribution >= 4 is 17.4 Å². The van der Waals surface area contributed by atoms with Crippen LogP contribution in [0.1, 0.15) is 6.92 Å². The van der Waals surface area contributed by atoms with Crippen LogP contribution < -0.4 is 11.1 Å². The number of esters is 1. The number of hydrogen-bond donors (Lipinski definition) is 3. The molecule has 0 aliphatic rings. The molecule has 0 unspecified atom stereocenters. The van der Waals surface area contributed by atoms with E-state index in [2.05, 4.69) is 10.1 Å². The van der Waals surface area contributed by atoms with Crippen molar-refractivity contribution in [2.75, 3.05) is 11.9 Å². The number of hydrogen-bond acceptors (Lipinski definition) is 5. The molecule has 0 aromatic heterocycles. The summed E-state index contributed by atoms with van der Waals surface area (Å²) in [6.45, 7) is 1.92. The van der Waals surface area contributed by atoms with Gasteiger partial charge in [-0.15, -0.1) is 0 Å². The summed E-state index contributed by atoms with van der Waals surface area (Å²) in [7, 11) is 0. The maximum absolute atomic E-state index is 11.2. The van der Waals surface area contributed by atoms with E-state index < -0.39 is 5.97 Å². The lowest BCUT2D eigenvalue weighted by molar-refractivity contribution is -0.135. The molecule has 5 heteroatoms. The van der Waals surface area contributed by atoms with Gasteiger partial charge in [0.15, 0.2) is 0 Å². The van der Waals surface area contributed by atoms with E-state index in [1.807, 2.05) is 30.3 Å². The van der Waals surface area contributed by atoms with Crippen molar-refractivity contribution in [2.45, 2.75) is 6.92 Å². The van der Waals surface area contributed by atoms with Gasteiger partial charge in [-0.05, 0) is 19.1 Å². The molecule has 0 saturated heterocycles. The van der Waals surface area contributed by atoms with Crippen LogP contribution >= 0.6 is 0 Å². The molecule has 90 valence electrons. The van der Waals surface area contributed by atoms with Crippen molar-refractivity contribution in [3.8, 4) is 0 Å². The van der Waals surface area contributed by atoms with Gasteiger partial charge < -0.3 is 15.8 Å². The number of anilines is 1. The summed E-state index contributed by atoms with van der Waals surface area (Å²) in [6.07, 6.45) is 1.23. The molecule has 1 rings (SSSR count). The van der Waals surface area contributed by atoms with Gasteiger partial charge in [-0.25, -0.2) is 4.79 Å². The number of carbonyl (C=O) groups is 1. The molecule has 0 saturated carbocycles. The van der Waals surface area contributed by atoms with E-state index in [0.717, 1.165) is 5.69 Å². The van der Waals surface area contributed by atoms with E-state index in [-0.39, 0.29) is 18.1 Å². The Morgan fingerprint density at radius 2 is 2.12 bits per heavy atom. The topological polar surface area (TPSA) is 88.2 Å². The quantitative estimate of drug-likeness (QED) is 0.531. The predicted octanol–water partition coefficient (Wildman–Crippen LogP) is 1.48. The second-order valence-corrected chi connectivity index (χ2v) is 3.22. The maximum atomic E-state index is 11.2. The summed E-state index contributed by atoms with van der Waals surface area (Å²) in [5.41, 5.74) is 6.15. The van der Waals surface area contributed by atoms with Gasteiger partial charge in [0.05, 0.1) is 6.61 Å². The molecular formula is C12H15N3O2. The fraction of sp³-hybridized carbons (Fsp3) is 0.167. The molecule has 0 atom stereocenters. The van der Waals surface area contributed by atoms with Crippen LogP contribution in [-0.2, 0) is 9.53 Å². The molecule has 0 aliphatic carbocycles. The summed E-state index contributed by atoms with van der Waals surface area (Å²) < 4.78 is 4.66. The van der Waals surface area contributed by atoms with Crippen LogP contribution in [0.5, 0.6) is 0 Å². The van der Waals surface area contributed by atoms with Crippen molar-refractivity contribution in [2.24, 2.45) is 5.73 Å². The second kappa shape index (κ2) is 6.32. The zero-order valence-electron chi connectivity index (χ0n) is 9.57. The first-order valence-electron chi connectivity index (χ1n) is 5.18. The first-order valence-corrected chi connectivity index (χ1v) is 5.18. The molecule has 0 spiro atoms. The largest absolute Gasteiger partial charge is 0.461 e. The van der Waals surface area contributed by atoms with Crippen molar-refractivity contribution in [3.05, 3.63) is 42.2 Å². The third-order valence-electron chi connectivity index (χ3n) is 1.86. The average Bonchev–Trinajstić information content (AvgIpc) is 2.30. The standard InChI is InChI=1S/C12H15N3O2/c1-2-17-12(16)10(13)8-11(14)15-9-6-4-3-5-7-9/h3-8,13,15H,2,14H2,1H3/b11-8-,13-10?. The molecule has 0 bridgehead atoms.